The number of nitrogens with zero attached hydrogens (tertiary/aromatic N) is 3. The molecule has 1 N–H and O–H groups in total. The first-order valence-electron chi connectivity index (χ1n) is 9.80. The van der Waals surface area contributed by atoms with Crippen molar-refractivity contribution in [2.24, 2.45) is 5.41 Å². The van der Waals surface area contributed by atoms with E-state index in [4.69, 9.17) is 4.42 Å². The Morgan fingerprint density at radius 1 is 1.41 bits per heavy atom. The summed E-state index contributed by atoms with van der Waals surface area (Å²) in [5, 5.41) is 7.13. The fourth-order valence-electron chi connectivity index (χ4n) is 5.49. The minimum atomic E-state index is -0.480. The number of carbonyl (C=O) groups excluding carboxylic acids is 2. The minimum Gasteiger partial charge on any atom is -0.459 e. The molecule has 0 saturated carbocycles. The molecule has 0 aliphatic carbocycles. The van der Waals surface area contributed by atoms with Gasteiger partial charge in [0.05, 0.1) is 17.9 Å². The molecular weight excluding hydrogens is 344 g/mol. The number of hydrogen-bond donors (Lipinski definition) is 1. The van der Waals surface area contributed by atoms with Gasteiger partial charge in [-0.2, -0.15) is 5.10 Å². The summed E-state index contributed by atoms with van der Waals surface area (Å²) in [5.41, 5.74) is 1.76. The molecule has 2 fully saturated rings. The van der Waals surface area contributed by atoms with Gasteiger partial charge in [-0.15, -0.1) is 0 Å². The van der Waals surface area contributed by atoms with E-state index < -0.39 is 5.41 Å². The predicted molar refractivity (Wildman–Crippen MR) is 96.7 cm³/mol. The molecule has 3 aliphatic rings. The van der Waals surface area contributed by atoms with Crippen molar-refractivity contribution in [1.82, 2.24) is 20.0 Å². The molecule has 0 spiro atoms. The molecule has 2 aromatic heterocycles. The number of carbonyl (C=O) groups is 2. The van der Waals surface area contributed by atoms with Crippen LogP contribution >= 0.6 is 0 Å². The lowest BCUT2D eigenvalue weighted by molar-refractivity contribution is -0.145. The van der Waals surface area contributed by atoms with Gasteiger partial charge in [0.2, 0.25) is 5.91 Å². The van der Waals surface area contributed by atoms with Crippen LogP contribution in [0.4, 0.5) is 0 Å². The van der Waals surface area contributed by atoms with E-state index in [0.29, 0.717) is 18.8 Å². The predicted octanol–water partition coefficient (Wildman–Crippen LogP) is 2.36. The first-order valence-corrected chi connectivity index (χ1v) is 9.80. The largest absolute Gasteiger partial charge is 0.459 e. The van der Waals surface area contributed by atoms with Crippen molar-refractivity contribution in [3.8, 4) is 0 Å². The summed E-state index contributed by atoms with van der Waals surface area (Å²) in [6.45, 7) is 3.40. The van der Waals surface area contributed by atoms with Crippen LogP contribution in [0.3, 0.4) is 0 Å². The van der Waals surface area contributed by atoms with E-state index in [9.17, 15) is 9.59 Å². The van der Waals surface area contributed by atoms with Crippen LogP contribution in [-0.2, 0) is 17.8 Å². The molecule has 0 aromatic carbocycles. The zero-order chi connectivity index (χ0) is 18.6. The molecule has 5 heterocycles. The number of aromatic amines is 1. The Hall–Kier alpha value is -2.57. The molecule has 2 aromatic rings. The molecule has 3 atom stereocenters. The molecule has 142 valence electrons. The van der Waals surface area contributed by atoms with E-state index in [2.05, 4.69) is 17.1 Å². The van der Waals surface area contributed by atoms with Gasteiger partial charge in [0.15, 0.2) is 5.76 Å². The van der Waals surface area contributed by atoms with Crippen LogP contribution in [0, 0.1) is 5.41 Å². The van der Waals surface area contributed by atoms with Crippen LogP contribution in [0.15, 0.2) is 29.0 Å². The second-order valence-electron chi connectivity index (χ2n) is 8.00. The van der Waals surface area contributed by atoms with Gasteiger partial charge >= 0.3 is 0 Å². The van der Waals surface area contributed by atoms with Gasteiger partial charge in [0.1, 0.15) is 0 Å². The summed E-state index contributed by atoms with van der Waals surface area (Å²) >= 11 is 0. The fourth-order valence-corrected chi connectivity index (χ4v) is 5.49. The lowest BCUT2D eigenvalue weighted by Crippen LogP contribution is -2.52. The average molecular weight is 368 g/mol. The third kappa shape index (κ3) is 2.30. The maximum absolute atomic E-state index is 13.7. The van der Waals surface area contributed by atoms with Crippen molar-refractivity contribution in [3.63, 3.8) is 0 Å². The highest BCUT2D eigenvalue weighted by molar-refractivity contribution is 5.94. The Kier molecular flexibility index (Phi) is 3.67. The normalized spacial score (nSPS) is 29.2. The summed E-state index contributed by atoms with van der Waals surface area (Å²) in [5.74, 6) is 0.486. The molecule has 7 heteroatoms. The van der Waals surface area contributed by atoms with E-state index in [0.717, 1.165) is 43.4 Å². The number of H-pyrrole nitrogens is 1. The van der Waals surface area contributed by atoms with Crippen molar-refractivity contribution in [1.29, 1.82) is 0 Å². The summed E-state index contributed by atoms with van der Waals surface area (Å²) in [7, 11) is 0. The van der Waals surface area contributed by atoms with Gasteiger partial charge in [0.25, 0.3) is 5.91 Å². The molecule has 0 unspecified atom stereocenters. The smallest absolute Gasteiger partial charge is 0.290 e. The molecule has 0 radical (unpaired) electrons. The Morgan fingerprint density at radius 2 is 2.30 bits per heavy atom. The monoisotopic (exact) mass is 368 g/mol. The Bertz CT molecular complexity index is 874. The Labute approximate surface area is 157 Å². The van der Waals surface area contributed by atoms with E-state index in [-0.39, 0.29) is 23.9 Å². The number of amides is 2. The number of aromatic nitrogens is 2. The van der Waals surface area contributed by atoms with Gasteiger partial charge in [-0.25, -0.2) is 0 Å². The van der Waals surface area contributed by atoms with Crippen molar-refractivity contribution in [3.05, 3.63) is 41.6 Å². The van der Waals surface area contributed by atoms with E-state index in [1.165, 1.54) is 6.26 Å². The van der Waals surface area contributed by atoms with Crippen LogP contribution < -0.4 is 0 Å². The highest BCUT2D eigenvalue weighted by Gasteiger charge is 2.61. The summed E-state index contributed by atoms with van der Waals surface area (Å²) in [6, 6.07) is 3.54. The Balaban J connectivity index is 1.43. The first kappa shape index (κ1) is 16.6. The Morgan fingerprint density at radius 3 is 3.07 bits per heavy atom. The van der Waals surface area contributed by atoms with Crippen LogP contribution in [-0.4, -0.2) is 50.4 Å². The molecule has 7 nitrogen and oxygen atoms in total. The van der Waals surface area contributed by atoms with Crippen LogP contribution in [0.25, 0.3) is 0 Å². The topological polar surface area (TPSA) is 82.4 Å². The molecule has 2 saturated heterocycles. The standard InChI is InChI=1S/C20H24N4O3/c1-2-20(19(26)23-8-7-15-13(12-23)11-21-22-15)10-14-5-6-17(20)24(14)18(25)16-4-3-9-27-16/h3-4,9,11,14,17H,2,5-8,10,12H2,1H3,(H,21,22)/t14-,17+,20+/m0/s1. The zero-order valence-corrected chi connectivity index (χ0v) is 15.5. The average Bonchev–Trinajstić information content (AvgIpc) is 3.49. The lowest BCUT2D eigenvalue weighted by atomic mass is 9.70. The van der Waals surface area contributed by atoms with E-state index >= 15 is 0 Å². The van der Waals surface area contributed by atoms with E-state index in [1.54, 1.807) is 12.1 Å². The number of hydrogen-bond acceptors (Lipinski definition) is 4. The quantitative estimate of drug-likeness (QED) is 0.902. The van der Waals surface area contributed by atoms with Crippen molar-refractivity contribution >= 4 is 11.8 Å². The van der Waals surface area contributed by atoms with Gasteiger partial charge < -0.3 is 14.2 Å². The molecule has 5 rings (SSSR count). The second kappa shape index (κ2) is 5.97. The van der Waals surface area contributed by atoms with Crippen LogP contribution in [0.1, 0.15) is 54.4 Å². The SMILES string of the molecule is CC[C@@]1(C(=O)N2CCc3[nH]ncc3C2)C[C@@H]2CC[C@H]1N2C(=O)c1ccco1. The maximum Gasteiger partial charge on any atom is 0.290 e. The third-order valence-electron chi connectivity index (χ3n) is 6.85. The molecule has 27 heavy (non-hydrogen) atoms. The summed E-state index contributed by atoms with van der Waals surface area (Å²) in [4.78, 5) is 30.6. The van der Waals surface area contributed by atoms with Gasteiger partial charge in [-0.05, 0) is 37.8 Å². The van der Waals surface area contributed by atoms with Crippen LogP contribution in [0.2, 0.25) is 0 Å². The number of furan rings is 1. The van der Waals surface area contributed by atoms with Gasteiger partial charge in [0, 0.05) is 42.9 Å². The van der Waals surface area contributed by atoms with Crippen molar-refractivity contribution in [2.75, 3.05) is 6.54 Å². The summed E-state index contributed by atoms with van der Waals surface area (Å²) in [6.07, 6.45) is 7.53. The number of rotatable bonds is 3. The second-order valence-corrected chi connectivity index (χ2v) is 8.00. The van der Waals surface area contributed by atoms with Gasteiger partial charge in [-0.1, -0.05) is 6.92 Å². The highest BCUT2D eigenvalue weighted by Crippen LogP contribution is 2.53. The van der Waals surface area contributed by atoms with Crippen molar-refractivity contribution in [2.45, 2.75) is 57.7 Å². The van der Waals surface area contributed by atoms with E-state index in [1.807, 2.05) is 16.0 Å². The molecule has 3 aliphatic heterocycles. The third-order valence-corrected chi connectivity index (χ3v) is 6.85. The van der Waals surface area contributed by atoms with Crippen molar-refractivity contribution < 1.29 is 14.0 Å². The van der Waals surface area contributed by atoms with Gasteiger partial charge in [-0.3, -0.25) is 14.7 Å². The minimum absolute atomic E-state index is 0.0386. The molecule has 2 amide bonds. The number of fused-ring (bicyclic) bond motifs is 3. The fraction of sp³-hybridized carbons (Fsp3) is 0.550. The molecular formula is C20H24N4O3. The molecule has 2 bridgehead atoms. The van der Waals surface area contributed by atoms with Crippen LogP contribution in [0.5, 0.6) is 0 Å². The summed E-state index contributed by atoms with van der Waals surface area (Å²) < 4.78 is 5.34. The number of nitrogens with one attached hydrogen (secondary N) is 1. The zero-order valence-electron chi connectivity index (χ0n) is 15.5. The lowest BCUT2D eigenvalue weighted by Gasteiger charge is -2.40. The first-order chi connectivity index (χ1) is 13.1. The highest BCUT2D eigenvalue weighted by atomic mass is 16.3. The maximum atomic E-state index is 13.7.